The fourth-order valence-electron chi connectivity index (χ4n) is 1.50. The molecular formula is C10H11N3OS2. The lowest BCUT2D eigenvalue weighted by Crippen LogP contribution is -2.12. The van der Waals surface area contributed by atoms with Crippen LogP contribution in [0.1, 0.15) is 27.7 Å². The largest absolute Gasteiger partial charge is 0.296 e. The number of anilines is 1. The minimum atomic E-state index is -0.0991. The first-order valence-corrected chi connectivity index (χ1v) is 6.62. The highest BCUT2D eigenvalue weighted by molar-refractivity contribution is 7.13. The molecule has 0 unspecified atom stereocenters. The summed E-state index contributed by atoms with van der Waals surface area (Å²) in [5, 5.41) is 12.6. The summed E-state index contributed by atoms with van der Waals surface area (Å²) < 4.78 is 0. The third-order valence-electron chi connectivity index (χ3n) is 2.28. The highest BCUT2D eigenvalue weighted by Gasteiger charge is 2.15. The summed E-state index contributed by atoms with van der Waals surface area (Å²) in [6.45, 7) is 4.09. The van der Waals surface area contributed by atoms with E-state index >= 15 is 0 Å². The second-order valence-electron chi connectivity index (χ2n) is 3.24. The van der Waals surface area contributed by atoms with E-state index in [2.05, 4.69) is 22.4 Å². The lowest BCUT2D eigenvalue weighted by atomic mass is 10.1. The van der Waals surface area contributed by atoms with E-state index in [-0.39, 0.29) is 5.91 Å². The molecule has 84 valence electrons. The van der Waals surface area contributed by atoms with Crippen LogP contribution in [0.5, 0.6) is 0 Å². The smallest absolute Gasteiger partial charge is 0.258 e. The van der Waals surface area contributed by atoms with Gasteiger partial charge in [-0.1, -0.05) is 18.3 Å². The van der Waals surface area contributed by atoms with Crippen molar-refractivity contribution in [2.24, 2.45) is 0 Å². The summed E-state index contributed by atoms with van der Waals surface area (Å²) in [4.78, 5) is 13.1. The summed E-state index contributed by atoms with van der Waals surface area (Å²) in [5.41, 5.74) is 3.46. The molecule has 1 amide bonds. The van der Waals surface area contributed by atoms with Crippen LogP contribution in [0.4, 0.5) is 5.13 Å². The van der Waals surface area contributed by atoms with E-state index in [1.807, 2.05) is 12.3 Å². The second kappa shape index (κ2) is 4.71. The van der Waals surface area contributed by atoms with Crippen molar-refractivity contribution in [3.05, 3.63) is 26.9 Å². The number of carbonyl (C=O) groups excluding carboxylic acids is 1. The first-order valence-electron chi connectivity index (χ1n) is 4.86. The topological polar surface area (TPSA) is 54.9 Å². The molecular weight excluding hydrogens is 242 g/mol. The molecule has 0 aliphatic rings. The number of hydrogen-bond donors (Lipinski definition) is 1. The Morgan fingerprint density at radius 3 is 2.94 bits per heavy atom. The van der Waals surface area contributed by atoms with Gasteiger partial charge in [-0.3, -0.25) is 10.1 Å². The van der Waals surface area contributed by atoms with Gasteiger partial charge in [0.05, 0.1) is 5.56 Å². The fourth-order valence-corrected chi connectivity index (χ4v) is 2.88. The minimum Gasteiger partial charge on any atom is -0.296 e. The molecule has 0 saturated carbocycles. The van der Waals surface area contributed by atoms with E-state index in [4.69, 9.17) is 0 Å². The van der Waals surface area contributed by atoms with Gasteiger partial charge in [0, 0.05) is 10.3 Å². The Hall–Kier alpha value is -1.27. The number of thiophene rings is 1. The van der Waals surface area contributed by atoms with Gasteiger partial charge in [-0.15, -0.1) is 21.5 Å². The third-order valence-corrected chi connectivity index (χ3v) is 3.84. The molecule has 0 saturated heterocycles. The van der Waals surface area contributed by atoms with Crippen LogP contribution in [-0.2, 0) is 6.42 Å². The Bertz CT molecular complexity index is 490. The van der Waals surface area contributed by atoms with Crippen LogP contribution in [0.2, 0.25) is 0 Å². The van der Waals surface area contributed by atoms with E-state index in [0.29, 0.717) is 5.13 Å². The van der Waals surface area contributed by atoms with Gasteiger partial charge in [0.25, 0.3) is 5.91 Å². The predicted octanol–water partition coefficient (Wildman–Crippen LogP) is 2.72. The van der Waals surface area contributed by atoms with Crippen LogP contribution in [0.15, 0.2) is 10.9 Å². The molecule has 6 heteroatoms. The van der Waals surface area contributed by atoms with Crippen molar-refractivity contribution in [3.8, 4) is 0 Å². The van der Waals surface area contributed by atoms with Crippen LogP contribution in [0.25, 0.3) is 0 Å². The number of amides is 1. The van der Waals surface area contributed by atoms with Crippen molar-refractivity contribution >= 4 is 33.7 Å². The Labute approximate surface area is 101 Å². The lowest BCUT2D eigenvalue weighted by Gasteiger charge is -2.02. The Morgan fingerprint density at radius 2 is 2.31 bits per heavy atom. The zero-order valence-electron chi connectivity index (χ0n) is 8.98. The molecule has 0 aliphatic carbocycles. The van der Waals surface area contributed by atoms with Crippen LogP contribution in [0.3, 0.4) is 0 Å². The van der Waals surface area contributed by atoms with Crippen LogP contribution in [0, 0.1) is 6.92 Å². The quantitative estimate of drug-likeness (QED) is 0.915. The molecule has 0 bridgehead atoms. The zero-order chi connectivity index (χ0) is 11.5. The number of carbonyl (C=O) groups is 1. The average molecular weight is 253 g/mol. The summed E-state index contributed by atoms with van der Waals surface area (Å²) in [5.74, 6) is -0.0991. The molecule has 1 N–H and O–H groups in total. The van der Waals surface area contributed by atoms with Crippen molar-refractivity contribution in [2.75, 3.05) is 5.32 Å². The van der Waals surface area contributed by atoms with Gasteiger partial charge in [-0.05, 0) is 18.9 Å². The predicted molar refractivity (Wildman–Crippen MR) is 66.3 cm³/mol. The SMILES string of the molecule is CCc1c(C(=O)Nc2nncs2)csc1C. The average Bonchev–Trinajstić information content (AvgIpc) is 2.87. The monoisotopic (exact) mass is 253 g/mol. The molecule has 4 nitrogen and oxygen atoms in total. The number of nitrogens with zero attached hydrogens (tertiary/aromatic N) is 2. The van der Waals surface area contributed by atoms with E-state index in [1.54, 1.807) is 16.8 Å². The Balaban J connectivity index is 2.21. The molecule has 0 aliphatic heterocycles. The zero-order valence-corrected chi connectivity index (χ0v) is 10.6. The van der Waals surface area contributed by atoms with Crippen molar-refractivity contribution in [1.82, 2.24) is 10.2 Å². The first kappa shape index (κ1) is 11.2. The summed E-state index contributed by atoms with van der Waals surface area (Å²) in [6, 6.07) is 0. The van der Waals surface area contributed by atoms with Crippen LogP contribution >= 0.6 is 22.7 Å². The minimum absolute atomic E-state index is 0.0991. The molecule has 0 atom stereocenters. The Kier molecular flexibility index (Phi) is 3.31. The molecule has 0 fully saturated rings. The molecule has 0 aromatic carbocycles. The van der Waals surface area contributed by atoms with Crippen LogP contribution < -0.4 is 5.32 Å². The Morgan fingerprint density at radius 1 is 1.50 bits per heavy atom. The molecule has 2 rings (SSSR count). The molecule has 2 aromatic heterocycles. The highest BCUT2D eigenvalue weighted by atomic mass is 32.1. The third kappa shape index (κ3) is 2.12. The maximum atomic E-state index is 11.9. The lowest BCUT2D eigenvalue weighted by molar-refractivity contribution is 0.102. The normalized spacial score (nSPS) is 10.4. The molecule has 16 heavy (non-hydrogen) atoms. The first-order chi connectivity index (χ1) is 7.72. The highest BCUT2D eigenvalue weighted by Crippen LogP contribution is 2.23. The van der Waals surface area contributed by atoms with Crippen molar-refractivity contribution < 1.29 is 4.79 Å². The van der Waals surface area contributed by atoms with Gasteiger partial charge in [0.1, 0.15) is 5.51 Å². The van der Waals surface area contributed by atoms with E-state index in [1.165, 1.54) is 16.2 Å². The number of rotatable bonds is 3. The van der Waals surface area contributed by atoms with E-state index < -0.39 is 0 Å². The van der Waals surface area contributed by atoms with Crippen molar-refractivity contribution in [1.29, 1.82) is 0 Å². The second-order valence-corrected chi connectivity index (χ2v) is 5.15. The van der Waals surface area contributed by atoms with Gasteiger partial charge >= 0.3 is 0 Å². The summed E-state index contributed by atoms with van der Waals surface area (Å²) in [7, 11) is 0. The standard InChI is InChI=1S/C10H11N3OS2/c1-3-7-6(2)15-4-8(7)9(14)12-10-13-11-5-16-10/h4-5H,3H2,1-2H3,(H,12,13,14). The van der Waals surface area contributed by atoms with Gasteiger partial charge in [0.15, 0.2) is 0 Å². The molecule has 0 spiro atoms. The maximum Gasteiger partial charge on any atom is 0.258 e. The summed E-state index contributed by atoms with van der Waals surface area (Å²) in [6.07, 6.45) is 0.869. The van der Waals surface area contributed by atoms with Crippen molar-refractivity contribution in [2.45, 2.75) is 20.3 Å². The molecule has 0 radical (unpaired) electrons. The fraction of sp³-hybridized carbons (Fsp3) is 0.300. The molecule has 2 heterocycles. The summed E-state index contributed by atoms with van der Waals surface area (Å²) >= 11 is 2.92. The van der Waals surface area contributed by atoms with Gasteiger partial charge in [-0.2, -0.15) is 0 Å². The van der Waals surface area contributed by atoms with E-state index in [0.717, 1.165) is 17.5 Å². The van der Waals surface area contributed by atoms with Gasteiger partial charge in [0.2, 0.25) is 5.13 Å². The van der Waals surface area contributed by atoms with E-state index in [9.17, 15) is 4.79 Å². The number of aromatic nitrogens is 2. The number of hydrogen-bond acceptors (Lipinski definition) is 5. The van der Waals surface area contributed by atoms with Crippen molar-refractivity contribution in [3.63, 3.8) is 0 Å². The number of nitrogens with one attached hydrogen (secondary N) is 1. The number of aryl methyl sites for hydroxylation is 1. The maximum absolute atomic E-state index is 11.9. The van der Waals surface area contributed by atoms with Gasteiger partial charge < -0.3 is 0 Å². The molecule has 2 aromatic rings. The van der Waals surface area contributed by atoms with Gasteiger partial charge in [-0.25, -0.2) is 0 Å². The van der Waals surface area contributed by atoms with Crippen LogP contribution in [-0.4, -0.2) is 16.1 Å².